The van der Waals surface area contributed by atoms with Crippen LogP contribution >= 0.6 is 0 Å². The predicted octanol–water partition coefficient (Wildman–Crippen LogP) is -1.33. The van der Waals surface area contributed by atoms with Gasteiger partial charge in [-0.05, 0) is 6.42 Å². The molecule has 2 heterocycles. The van der Waals surface area contributed by atoms with Crippen molar-refractivity contribution in [2.45, 2.75) is 19.5 Å². The van der Waals surface area contributed by atoms with E-state index < -0.39 is 11.9 Å². The van der Waals surface area contributed by atoms with E-state index >= 15 is 0 Å². The number of carboxylic acids is 1. The minimum atomic E-state index is -0.850. The Kier molecular flexibility index (Phi) is 3.56. The van der Waals surface area contributed by atoms with Gasteiger partial charge in [0.05, 0.1) is 17.8 Å². The topological polar surface area (TPSA) is 114 Å². The van der Waals surface area contributed by atoms with Crippen molar-refractivity contribution in [3.8, 4) is 0 Å². The molecular formula is C10H15N5O3. The zero-order valence-electron chi connectivity index (χ0n) is 9.82. The van der Waals surface area contributed by atoms with Crippen molar-refractivity contribution in [1.29, 1.82) is 0 Å². The molecular weight excluding hydrogens is 238 g/mol. The minimum absolute atomic E-state index is 0.0688. The maximum Gasteiger partial charge on any atom is 0.308 e. The molecule has 1 aromatic rings. The Hall–Kier alpha value is -1.96. The third-order valence-electron chi connectivity index (χ3n) is 2.98. The molecule has 8 nitrogen and oxygen atoms in total. The van der Waals surface area contributed by atoms with Gasteiger partial charge in [0.15, 0.2) is 0 Å². The summed E-state index contributed by atoms with van der Waals surface area (Å²) in [6, 6.07) is 0. The highest BCUT2D eigenvalue weighted by molar-refractivity contribution is 5.78. The third-order valence-corrected chi connectivity index (χ3v) is 2.98. The molecule has 1 aliphatic heterocycles. The fourth-order valence-electron chi connectivity index (χ4n) is 1.94. The smallest absolute Gasteiger partial charge is 0.308 e. The molecule has 1 aliphatic rings. The first-order valence-corrected chi connectivity index (χ1v) is 5.70. The average molecular weight is 253 g/mol. The molecule has 1 fully saturated rings. The van der Waals surface area contributed by atoms with Crippen LogP contribution in [-0.4, -0.2) is 50.0 Å². The SMILES string of the molecule is NCc1cn(CC(=O)N2CCC(C(=O)O)C2)nn1. The highest BCUT2D eigenvalue weighted by atomic mass is 16.4. The molecule has 18 heavy (non-hydrogen) atoms. The van der Waals surface area contributed by atoms with E-state index in [1.54, 1.807) is 11.1 Å². The van der Waals surface area contributed by atoms with Crippen LogP contribution < -0.4 is 5.73 Å². The van der Waals surface area contributed by atoms with Crippen LogP contribution in [0.5, 0.6) is 0 Å². The summed E-state index contributed by atoms with van der Waals surface area (Å²) in [6.07, 6.45) is 2.12. The third kappa shape index (κ3) is 2.65. The Morgan fingerprint density at radius 2 is 2.33 bits per heavy atom. The number of carbonyl (C=O) groups is 2. The number of amides is 1. The molecule has 0 radical (unpaired) electrons. The first kappa shape index (κ1) is 12.5. The Morgan fingerprint density at radius 3 is 2.89 bits per heavy atom. The number of hydrogen-bond acceptors (Lipinski definition) is 5. The second-order valence-corrected chi connectivity index (χ2v) is 4.28. The molecule has 0 aromatic carbocycles. The number of rotatable bonds is 4. The summed E-state index contributed by atoms with van der Waals surface area (Å²) in [4.78, 5) is 24.2. The van der Waals surface area contributed by atoms with Crippen LogP contribution in [0.4, 0.5) is 0 Å². The van der Waals surface area contributed by atoms with Gasteiger partial charge in [-0.2, -0.15) is 0 Å². The molecule has 1 unspecified atom stereocenters. The largest absolute Gasteiger partial charge is 0.481 e. The van der Waals surface area contributed by atoms with E-state index in [0.717, 1.165) is 0 Å². The van der Waals surface area contributed by atoms with Crippen LogP contribution in [0.3, 0.4) is 0 Å². The molecule has 0 saturated carbocycles. The van der Waals surface area contributed by atoms with Gasteiger partial charge in [0.25, 0.3) is 0 Å². The number of aliphatic carboxylic acids is 1. The molecule has 0 aliphatic carbocycles. The van der Waals surface area contributed by atoms with E-state index in [1.165, 1.54) is 4.68 Å². The van der Waals surface area contributed by atoms with Crippen LogP contribution in [0.25, 0.3) is 0 Å². The zero-order valence-corrected chi connectivity index (χ0v) is 9.82. The zero-order chi connectivity index (χ0) is 13.1. The van der Waals surface area contributed by atoms with Gasteiger partial charge in [-0.3, -0.25) is 9.59 Å². The van der Waals surface area contributed by atoms with Gasteiger partial charge in [-0.15, -0.1) is 5.10 Å². The number of nitrogens with zero attached hydrogens (tertiary/aromatic N) is 4. The van der Waals surface area contributed by atoms with E-state index in [9.17, 15) is 9.59 Å². The average Bonchev–Trinajstić information content (AvgIpc) is 2.97. The molecule has 3 N–H and O–H groups in total. The first-order chi connectivity index (χ1) is 8.60. The van der Waals surface area contributed by atoms with E-state index in [0.29, 0.717) is 18.7 Å². The predicted molar refractivity (Wildman–Crippen MR) is 60.2 cm³/mol. The summed E-state index contributed by atoms with van der Waals surface area (Å²) in [7, 11) is 0. The Morgan fingerprint density at radius 1 is 1.56 bits per heavy atom. The standard InChI is InChI=1S/C10H15N5O3/c11-3-8-5-15(13-12-8)6-9(16)14-2-1-7(4-14)10(17)18/h5,7H,1-4,6,11H2,(H,17,18). The van der Waals surface area contributed by atoms with Gasteiger partial charge in [-0.1, -0.05) is 5.21 Å². The maximum atomic E-state index is 11.9. The lowest BCUT2D eigenvalue weighted by Gasteiger charge is -2.15. The van der Waals surface area contributed by atoms with Crippen molar-refractivity contribution in [2.24, 2.45) is 11.7 Å². The number of hydrogen-bond donors (Lipinski definition) is 2. The van der Waals surface area contributed by atoms with Crippen LogP contribution in [0.2, 0.25) is 0 Å². The fourth-order valence-corrected chi connectivity index (χ4v) is 1.94. The van der Waals surface area contributed by atoms with E-state index in [-0.39, 0.29) is 25.5 Å². The van der Waals surface area contributed by atoms with Gasteiger partial charge in [0.1, 0.15) is 6.54 Å². The highest BCUT2D eigenvalue weighted by Gasteiger charge is 2.30. The lowest BCUT2D eigenvalue weighted by atomic mass is 10.1. The second kappa shape index (κ2) is 5.13. The van der Waals surface area contributed by atoms with E-state index in [2.05, 4.69) is 10.3 Å². The van der Waals surface area contributed by atoms with Crippen molar-refractivity contribution in [3.63, 3.8) is 0 Å². The van der Waals surface area contributed by atoms with Crippen LogP contribution in [0, 0.1) is 5.92 Å². The van der Waals surface area contributed by atoms with Crippen molar-refractivity contribution in [1.82, 2.24) is 19.9 Å². The number of aromatic nitrogens is 3. The fraction of sp³-hybridized carbons (Fsp3) is 0.600. The summed E-state index contributed by atoms with van der Waals surface area (Å²) in [5.74, 6) is -1.45. The quantitative estimate of drug-likeness (QED) is 0.687. The molecule has 1 atom stereocenters. The molecule has 1 saturated heterocycles. The molecule has 98 valence electrons. The van der Waals surface area contributed by atoms with Crippen molar-refractivity contribution < 1.29 is 14.7 Å². The number of carboxylic acid groups (broad SMARTS) is 1. The molecule has 0 bridgehead atoms. The molecule has 1 amide bonds. The summed E-state index contributed by atoms with van der Waals surface area (Å²) < 4.78 is 1.42. The lowest BCUT2D eigenvalue weighted by molar-refractivity contribution is -0.141. The Balaban J connectivity index is 1.91. The Labute approximate surface area is 103 Å². The summed E-state index contributed by atoms with van der Waals surface area (Å²) in [5, 5.41) is 16.4. The lowest BCUT2D eigenvalue weighted by Crippen LogP contribution is -2.33. The van der Waals surface area contributed by atoms with Gasteiger partial charge < -0.3 is 15.7 Å². The maximum absolute atomic E-state index is 11.9. The normalized spacial score (nSPS) is 19.2. The van der Waals surface area contributed by atoms with Crippen molar-refractivity contribution >= 4 is 11.9 Å². The molecule has 1 aromatic heterocycles. The van der Waals surface area contributed by atoms with Gasteiger partial charge in [0, 0.05) is 19.6 Å². The Bertz CT molecular complexity index is 458. The van der Waals surface area contributed by atoms with Gasteiger partial charge in [0.2, 0.25) is 5.91 Å². The number of carbonyl (C=O) groups excluding carboxylic acids is 1. The second-order valence-electron chi connectivity index (χ2n) is 4.28. The van der Waals surface area contributed by atoms with Crippen molar-refractivity contribution in [3.05, 3.63) is 11.9 Å². The van der Waals surface area contributed by atoms with Gasteiger partial charge >= 0.3 is 5.97 Å². The summed E-state index contributed by atoms with van der Waals surface area (Å²) >= 11 is 0. The summed E-state index contributed by atoms with van der Waals surface area (Å²) in [5.41, 5.74) is 6.01. The molecule has 0 spiro atoms. The first-order valence-electron chi connectivity index (χ1n) is 5.70. The minimum Gasteiger partial charge on any atom is -0.481 e. The molecule has 8 heteroatoms. The monoisotopic (exact) mass is 253 g/mol. The van der Waals surface area contributed by atoms with Crippen LogP contribution in [0.15, 0.2) is 6.20 Å². The summed E-state index contributed by atoms with van der Waals surface area (Å²) in [6.45, 7) is 1.10. The van der Waals surface area contributed by atoms with E-state index in [1.807, 2.05) is 0 Å². The van der Waals surface area contributed by atoms with Crippen LogP contribution in [0.1, 0.15) is 12.1 Å². The van der Waals surface area contributed by atoms with Crippen molar-refractivity contribution in [2.75, 3.05) is 13.1 Å². The van der Waals surface area contributed by atoms with Crippen LogP contribution in [-0.2, 0) is 22.7 Å². The number of likely N-dealkylation sites (tertiary alicyclic amines) is 1. The number of nitrogens with two attached hydrogens (primary N) is 1. The highest BCUT2D eigenvalue weighted by Crippen LogP contribution is 2.16. The van der Waals surface area contributed by atoms with Gasteiger partial charge in [-0.25, -0.2) is 4.68 Å². The molecule has 2 rings (SSSR count). The van der Waals surface area contributed by atoms with E-state index in [4.69, 9.17) is 10.8 Å².